The normalized spacial score (nSPS) is 11.0. The van der Waals surface area contributed by atoms with Gasteiger partial charge in [-0.05, 0) is 72.6 Å². The van der Waals surface area contributed by atoms with Crippen molar-refractivity contribution < 1.29 is 23.5 Å². The number of furan rings is 1. The third kappa shape index (κ3) is 5.89. The molecule has 0 fully saturated rings. The summed E-state index contributed by atoms with van der Waals surface area (Å²) in [7, 11) is 0. The van der Waals surface area contributed by atoms with Crippen molar-refractivity contribution in [3.63, 3.8) is 0 Å². The van der Waals surface area contributed by atoms with Gasteiger partial charge in [-0.2, -0.15) is 5.10 Å². The first-order chi connectivity index (χ1) is 16.6. The number of unbranched alkanes of at least 4 members (excludes halogenated alkanes) is 1. The molecule has 3 aromatic carbocycles. The van der Waals surface area contributed by atoms with E-state index >= 15 is 0 Å². The van der Waals surface area contributed by atoms with Gasteiger partial charge in [0.15, 0.2) is 5.76 Å². The number of hydrazone groups is 1. The number of esters is 1. The fourth-order valence-electron chi connectivity index (χ4n) is 3.12. The Morgan fingerprint density at radius 2 is 1.71 bits per heavy atom. The Hall–Kier alpha value is -4.39. The van der Waals surface area contributed by atoms with Crippen LogP contribution in [-0.2, 0) is 0 Å². The number of ether oxygens (including phenoxy) is 2. The largest absolute Gasteiger partial charge is 0.494 e. The molecule has 0 aliphatic rings. The number of para-hydroxylation sites is 1. The fourth-order valence-corrected chi connectivity index (χ4v) is 3.12. The molecule has 0 saturated carbocycles. The highest BCUT2D eigenvalue weighted by Crippen LogP contribution is 2.19. The van der Waals surface area contributed by atoms with E-state index in [9.17, 15) is 9.59 Å². The smallest absolute Gasteiger partial charge is 0.343 e. The number of hydrogen-bond donors (Lipinski definition) is 1. The van der Waals surface area contributed by atoms with Crippen LogP contribution in [0, 0.1) is 0 Å². The number of nitrogens with one attached hydrogen (secondary N) is 1. The van der Waals surface area contributed by atoms with Gasteiger partial charge in [0.05, 0.1) is 18.4 Å². The summed E-state index contributed by atoms with van der Waals surface area (Å²) in [5.41, 5.74) is 4.23. The molecule has 0 bridgehead atoms. The van der Waals surface area contributed by atoms with Crippen molar-refractivity contribution in [2.24, 2.45) is 5.10 Å². The summed E-state index contributed by atoms with van der Waals surface area (Å²) in [6.07, 6.45) is 3.54. The average Bonchev–Trinajstić information content (AvgIpc) is 3.30. The van der Waals surface area contributed by atoms with Crippen molar-refractivity contribution in [1.82, 2.24) is 5.43 Å². The molecule has 0 atom stereocenters. The van der Waals surface area contributed by atoms with Gasteiger partial charge in [0.2, 0.25) is 0 Å². The maximum atomic E-state index is 12.4. The fraction of sp³-hybridized carbons (Fsp3) is 0.148. The molecule has 4 rings (SSSR count). The zero-order chi connectivity index (χ0) is 23.8. The zero-order valence-corrected chi connectivity index (χ0v) is 18.7. The molecule has 7 heteroatoms. The molecule has 1 heterocycles. The highest BCUT2D eigenvalue weighted by molar-refractivity contribution is 5.96. The van der Waals surface area contributed by atoms with E-state index in [0.717, 1.165) is 29.5 Å². The Kier molecular flexibility index (Phi) is 7.35. The molecular formula is C27H24N2O5. The topological polar surface area (TPSA) is 90.1 Å². The second-order valence-corrected chi connectivity index (χ2v) is 7.53. The highest BCUT2D eigenvalue weighted by atomic mass is 16.5. The molecule has 1 aromatic heterocycles. The van der Waals surface area contributed by atoms with Crippen LogP contribution in [0.15, 0.2) is 88.4 Å². The monoisotopic (exact) mass is 456 g/mol. The number of benzene rings is 3. The number of carbonyl (C=O) groups excluding carboxylic acids is 2. The van der Waals surface area contributed by atoms with Crippen molar-refractivity contribution >= 4 is 29.1 Å². The van der Waals surface area contributed by atoms with Gasteiger partial charge < -0.3 is 13.9 Å². The maximum Gasteiger partial charge on any atom is 0.343 e. The van der Waals surface area contributed by atoms with Crippen LogP contribution >= 0.6 is 0 Å². The van der Waals surface area contributed by atoms with E-state index in [2.05, 4.69) is 17.5 Å². The molecular weight excluding hydrogens is 432 g/mol. The van der Waals surface area contributed by atoms with E-state index < -0.39 is 11.9 Å². The number of carbonyl (C=O) groups is 2. The van der Waals surface area contributed by atoms with Crippen molar-refractivity contribution in [3.05, 3.63) is 95.7 Å². The van der Waals surface area contributed by atoms with Gasteiger partial charge in [-0.15, -0.1) is 0 Å². The van der Waals surface area contributed by atoms with Crippen molar-refractivity contribution in [2.45, 2.75) is 19.8 Å². The minimum atomic E-state index is -0.459. The molecule has 1 N–H and O–H groups in total. The summed E-state index contributed by atoms with van der Waals surface area (Å²) < 4.78 is 16.5. The standard InChI is InChI=1S/C27H24N2O5/c1-2-3-16-32-22-14-10-20(11-15-22)27(31)33-23-12-8-19(9-13-23)18-28-29-26(30)25-17-21-6-4-5-7-24(21)34-25/h4-15,17-18H,2-3,16H2,1H3,(H,29,30)/b28-18+. The van der Waals surface area contributed by atoms with E-state index in [4.69, 9.17) is 13.9 Å². The first-order valence-corrected chi connectivity index (χ1v) is 11.0. The van der Waals surface area contributed by atoms with Crippen molar-refractivity contribution in [1.29, 1.82) is 0 Å². The summed E-state index contributed by atoms with van der Waals surface area (Å²) in [6, 6.07) is 22.7. The third-order valence-corrected chi connectivity index (χ3v) is 4.98. The minimum absolute atomic E-state index is 0.182. The van der Waals surface area contributed by atoms with E-state index in [-0.39, 0.29) is 5.76 Å². The summed E-state index contributed by atoms with van der Waals surface area (Å²) in [5.74, 6) is 0.401. The van der Waals surface area contributed by atoms with Gasteiger partial charge in [0.25, 0.3) is 0 Å². The Morgan fingerprint density at radius 1 is 0.971 bits per heavy atom. The Morgan fingerprint density at radius 3 is 2.44 bits per heavy atom. The summed E-state index contributed by atoms with van der Waals surface area (Å²) in [5, 5.41) is 4.80. The van der Waals surface area contributed by atoms with Crippen LogP contribution in [0.1, 0.15) is 46.2 Å². The van der Waals surface area contributed by atoms with Crippen LogP contribution in [0.3, 0.4) is 0 Å². The molecule has 1 amide bonds. The minimum Gasteiger partial charge on any atom is -0.494 e. The number of rotatable bonds is 9. The predicted molar refractivity (Wildman–Crippen MR) is 130 cm³/mol. The van der Waals surface area contributed by atoms with E-state index in [1.54, 1.807) is 60.7 Å². The van der Waals surface area contributed by atoms with Crippen molar-refractivity contribution in [2.75, 3.05) is 6.61 Å². The SMILES string of the molecule is CCCCOc1ccc(C(=O)Oc2ccc(/C=N/NC(=O)c3cc4ccccc4o3)cc2)cc1. The Balaban J connectivity index is 1.29. The first kappa shape index (κ1) is 22.8. The quantitative estimate of drug-likeness (QED) is 0.116. The number of hydrogen-bond acceptors (Lipinski definition) is 6. The van der Waals surface area contributed by atoms with Gasteiger partial charge in [-0.3, -0.25) is 4.79 Å². The van der Waals surface area contributed by atoms with Gasteiger partial charge in [0.1, 0.15) is 17.1 Å². The summed E-state index contributed by atoms with van der Waals surface area (Å²) >= 11 is 0. The van der Waals surface area contributed by atoms with Gasteiger partial charge >= 0.3 is 11.9 Å². The van der Waals surface area contributed by atoms with E-state index in [1.807, 2.05) is 18.2 Å². The molecule has 4 aromatic rings. The van der Waals surface area contributed by atoms with E-state index in [1.165, 1.54) is 6.21 Å². The van der Waals surface area contributed by atoms with Crippen LogP contribution < -0.4 is 14.9 Å². The first-order valence-electron chi connectivity index (χ1n) is 11.0. The van der Waals surface area contributed by atoms with Gasteiger partial charge in [0, 0.05) is 5.39 Å². The number of nitrogens with zero attached hydrogens (tertiary/aromatic N) is 1. The molecule has 0 radical (unpaired) electrons. The summed E-state index contributed by atoms with van der Waals surface area (Å²) in [4.78, 5) is 24.6. The van der Waals surface area contributed by atoms with Gasteiger partial charge in [-0.1, -0.05) is 31.5 Å². The number of amides is 1. The lowest BCUT2D eigenvalue weighted by atomic mass is 10.2. The van der Waals surface area contributed by atoms with Crippen LogP contribution in [0.25, 0.3) is 11.0 Å². The molecule has 0 unspecified atom stereocenters. The molecule has 172 valence electrons. The summed E-state index contributed by atoms with van der Waals surface area (Å²) in [6.45, 7) is 2.75. The lowest BCUT2D eigenvalue weighted by Gasteiger charge is -2.07. The molecule has 0 spiro atoms. The maximum absolute atomic E-state index is 12.4. The predicted octanol–water partition coefficient (Wildman–Crippen LogP) is 5.59. The Bertz CT molecular complexity index is 1260. The molecule has 0 aliphatic heterocycles. The van der Waals surface area contributed by atoms with Crippen LogP contribution in [0.2, 0.25) is 0 Å². The molecule has 7 nitrogen and oxygen atoms in total. The molecule has 34 heavy (non-hydrogen) atoms. The molecule has 0 aliphatic carbocycles. The second-order valence-electron chi connectivity index (χ2n) is 7.53. The average molecular weight is 456 g/mol. The highest BCUT2D eigenvalue weighted by Gasteiger charge is 2.11. The van der Waals surface area contributed by atoms with Crippen LogP contribution in [0.4, 0.5) is 0 Å². The third-order valence-electron chi connectivity index (χ3n) is 4.98. The van der Waals surface area contributed by atoms with Crippen LogP contribution in [0.5, 0.6) is 11.5 Å². The van der Waals surface area contributed by atoms with Crippen molar-refractivity contribution in [3.8, 4) is 11.5 Å². The Labute approximate surface area is 197 Å². The molecule has 0 saturated heterocycles. The van der Waals surface area contributed by atoms with Crippen LogP contribution in [-0.4, -0.2) is 24.7 Å². The lowest BCUT2D eigenvalue weighted by Crippen LogP contribution is -2.16. The van der Waals surface area contributed by atoms with E-state index in [0.29, 0.717) is 23.5 Å². The second kappa shape index (κ2) is 11.0. The lowest BCUT2D eigenvalue weighted by molar-refractivity contribution is 0.0734. The number of fused-ring (bicyclic) bond motifs is 1. The van der Waals surface area contributed by atoms with Gasteiger partial charge in [-0.25, -0.2) is 10.2 Å². The zero-order valence-electron chi connectivity index (χ0n) is 18.7.